The number of rotatable bonds is 17. The van der Waals surface area contributed by atoms with Crippen LogP contribution >= 0.6 is 22.7 Å². The van der Waals surface area contributed by atoms with Crippen LogP contribution in [-0.4, -0.2) is 79.4 Å². The lowest BCUT2D eigenvalue weighted by Gasteiger charge is -2.14. The van der Waals surface area contributed by atoms with Crippen molar-refractivity contribution in [3.8, 4) is 11.5 Å². The van der Waals surface area contributed by atoms with Gasteiger partial charge in [0.15, 0.2) is 10.3 Å². The van der Waals surface area contributed by atoms with Crippen molar-refractivity contribution in [2.45, 2.75) is 54.6 Å². The highest BCUT2D eigenvalue weighted by molar-refractivity contribution is 7.16. The molecule has 4 aromatic rings. The fraction of sp³-hybridized carbons (Fsp3) is 0.421. The first kappa shape index (κ1) is 45.7. The van der Waals surface area contributed by atoms with Crippen LogP contribution in [0.25, 0.3) is 0 Å². The van der Waals surface area contributed by atoms with Gasteiger partial charge in [-0.2, -0.15) is 0 Å². The highest BCUT2D eigenvalue weighted by Gasteiger charge is 2.14. The predicted molar refractivity (Wildman–Crippen MR) is 228 cm³/mol. The lowest BCUT2D eigenvalue weighted by molar-refractivity contribution is 0.239. The molecule has 310 valence electrons. The number of aromatic nitrogens is 2. The van der Waals surface area contributed by atoms with Gasteiger partial charge in [0, 0.05) is 35.2 Å². The minimum Gasteiger partial charge on any atom is -0.491 e. The third-order valence-corrected chi connectivity index (χ3v) is 8.99. The number of nitrogens with two attached hydrogens (primary N) is 1. The topological polar surface area (TPSA) is 226 Å². The quantitative estimate of drug-likeness (QED) is 0.0560. The van der Waals surface area contributed by atoms with Crippen LogP contribution in [0.1, 0.15) is 48.6 Å². The first-order valence-electron chi connectivity index (χ1n) is 18.3. The SMILES string of the molecule is Cc1ccc(NC(=O)Nc2ncc(CNC(=O)NCCN(C)C)s2)c(OCC(C)C)c1.Cc1ccc(NC(=O)Nc2ncc(CNC(N)=O)s2)c(OCC(C)C)c1. The summed E-state index contributed by atoms with van der Waals surface area (Å²) < 4.78 is 11.6. The van der Waals surface area contributed by atoms with E-state index in [1.54, 1.807) is 18.5 Å². The van der Waals surface area contributed by atoms with Gasteiger partial charge >= 0.3 is 24.1 Å². The van der Waals surface area contributed by atoms with E-state index in [1.165, 1.54) is 22.7 Å². The summed E-state index contributed by atoms with van der Waals surface area (Å²) in [7, 11) is 3.89. The normalized spacial score (nSPS) is 10.6. The van der Waals surface area contributed by atoms with E-state index in [0.717, 1.165) is 27.4 Å². The molecule has 19 heteroatoms. The zero-order chi connectivity index (χ0) is 41.9. The molecule has 2 aromatic carbocycles. The molecule has 8 amide bonds. The Kier molecular flexibility index (Phi) is 18.8. The number of nitrogens with zero attached hydrogens (tertiary/aromatic N) is 3. The van der Waals surface area contributed by atoms with Crippen molar-refractivity contribution in [3.05, 3.63) is 69.7 Å². The summed E-state index contributed by atoms with van der Waals surface area (Å²) in [6, 6.07) is 9.52. The second-order valence-electron chi connectivity index (χ2n) is 14.0. The third kappa shape index (κ3) is 18.2. The predicted octanol–water partition coefficient (Wildman–Crippen LogP) is 6.79. The molecule has 0 aliphatic carbocycles. The van der Waals surface area contributed by atoms with E-state index in [4.69, 9.17) is 15.2 Å². The van der Waals surface area contributed by atoms with Crippen molar-refractivity contribution in [1.29, 1.82) is 0 Å². The molecule has 0 unspecified atom stereocenters. The molecule has 17 nitrogen and oxygen atoms in total. The van der Waals surface area contributed by atoms with E-state index >= 15 is 0 Å². The molecule has 2 heterocycles. The minimum absolute atomic E-state index is 0.240. The Morgan fingerprint density at radius 3 is 1.56 bits per heavy atom. The van der Waals surface area contributed by atoms with Crippen LogP contribution in [0.4, 0.5) is 40.8 Å². The first-order chi connectivity index (χ1) is 27.1. The van der Waals surface area contributed by atoms with Crippen LogP contribution in [0.5, 0.6) is 11.5 Å². The number of benzene rings is 2. The zero-order valence-corrected chi connectivity index (χ0v) is 35.3. The third-order valence-electron chi connectivity index (χ3n) is 7.17. The number of nitrogens with one attached hydrogen (secondary N) is 7. The van der Waals surface area contributed by atoms with Crippen LogP contribution in [-0.2, 0) is 13.1 Å². The first-order valence-corrected chi connectivity index (χ1v) is 19.9. The number of anilines is 4. The molecule has 0 atom stereocenters. The molecular weight excluding hydrogens is 771 g/mol. The zero-order valence-electron chi connectivity index (χ0n) is 33.7. The van der Waals surface area contributed by atoms with Crippen molar-refractivity contribution in [3.63, 3.8) is 0 Å². The standard InChI is InChI=1S/C21H32N6O3S.C17H23N5O3S/c1-14(2)13-30-18-10-15(3)6-7-17(18)25-20(29)26-21-24-12-16(31-21)11-23-19(28)22-8-9-27(4)5;1-10(2)9-25-14-6-11(3)4-5-13(14)21-16(24)22-17-20-8-12(26-17)7-19-15(18)23/h6-7,10,12,14H,8-9,11,13H2,1-5H3,(H2,22,23,28)(H2,24,25,26,29);4-6,8,10H,7,9H2,1-3H3,(H3,18,19,23)(H2,20,21,22,24). The van der Waals surface area contributed by atoms with E-state index < -0.39 is 18.1 Å². The molecule has 0 aliphatic rings. The number of urea groups is 4. The minimum atomic E-state index is -0.612. The molecule has 0 spiro atoms. The van der Waals surface area contributed by atoms with Gasteiger partial charge in [-0.3, -0.25) is 10.6 Å². The summed E-state index contributed by atoms with van der Waals surface area (Å²) >= 11 is 2.55. The second-order valence-corrected chi connectivity index (χ2v) is 16.2. The molecule has 4 rings (SSSR count). The highest BCUT2D eigenvalue weighted by atomic mass is 32.1. The molecule has 0 saturated heterocycles. The van der Waals surface area contributed by atoms with Gasteiger partial charge in [0.2, 0.25) is 0 Å². The van der Waals surface area contributed by atoms with Gasteiger partial charge < -0.3 is 46.7 Å². The Balaban J connectivity index is 0.000000310. The number of aryl methyl sites for hydroxylation is 2. The molecule has 2 aromatic heterocycles. The van der Waals surface area contributed by atoms with Crippen LogP contribution in [0.15, 0.2) is 48.8 Å². The van der Waals surface area contributed by atoms with Gasteiger partial charge in [0.1, 0.15) is 11.5 Å². The number of amides is 8. The maximum atomic E-state index is 12.4. The highest BCUT2D eigenvalue weighted by Crippen LogP contribution is 2.28. The van der Waals surface area contributed by atoms with Crippen molar-refractivity contribution in [2.75, 3.05) is 61.7 Å². The van der Waals surface area contributed by atoms with Crippen LogP contribution in [0.2, 0.25) is 0 Å². The maximum absolute atomic E-state index is 12.4. The number of hydrogen-bond acceptors (Lipinski definition) is 11. The second kappa shape index (κ2) is 23.4. The average molecular weight is 826 g/mol. The molecule has 9 N–H and O–H groups in total. The monoisotopic (exact) mass is 825 g/mol. The van der Waals surface area contributed by atoms with Crippen molar-refractivity contribution >= 4 is 68.4 Å². The van der Waals surface area contributed by atoms with E-state index in [0.29, 0.717) is 71.3 Å². The number of hydrogen-bond donors (Lipinski definition) is 8. The van der Waals surface area contributed by atoms with Crippen LogP contribution in [0, 0.1) is 25.7 Å². The van der Waals surface area contributed by atoms with E-state index in [2.05, 4.69) is 74.9 Å². The molecule has 0 fully saturated rings. The molecule has 0 radical (unpaired) electrons. The van der Waals surface area contributed by atoms with Crippen LogP contribution in [0.3, 0.4) is 0 Å². The Bertz CT molecular complexity index is 1920. The number of thiazole rings is 2. The Hall–Kier alpha value is -5.66. The van der Waals surface area contributed by atoms with E-state index in [9.17, 15) is 19.2 Å². The molecular formula is C38H55N11O6S2. The van der Waals surface area contributed by atoms with Gasteiger partial charge in [0.05, 0.1) is 37.7 Å². The van der Waals surface area contributed by atoms with E-state index in [1.807, 2.05) is 63.2 Å². The van der Waals surface area contributed by atoms with Crippen molar-refractivity contribution in [1.82, 2.24) is 30.8 Å². The van der Waals surface area contributed by atoms with Crippen LogP contribution < -0.4 is 52.4 Å². The van der Waals surface area contributed by atoms with Gasteiger partial charge in [-0.1, -0.05) is 62.5 Å². The number of carbonyl (C=O) groups is 4. The fourth-order valence-electron chi connectivity index (χ4n) is 4.41. The van der Waals surface area contributed by atoms with Gasteiger partial charge in [-0.25, -0.2) is 29.1 Å². The van der Waals surface area contributed by atoms with Gasteiger partial charge in [0.25, 0.3) is 0 Å². The maximum Gasteiger partial charge on any atom is 0.325 e. The average Bonchev–Trinajstić information content (AvgIpc) is 3.78. The number of primary amides is 1. The molecule has 0 bridgehead atoms. The summed E-state index contributed by atoms with van der Waals surface area (Å²) in [6.45, 7) is 15.2. The lowest BCUT2D eigenvalue weighted by atomic mass is 10.2. The summed E-state index contributed by atoms with van der Waals surface area (Å²) in [5, 5.41) is 19.8. The Morgan fingerprint density at radius 2 is 1.14 bits per heavy atom. The number of carbonyl (C=O) groups excluding carboxylic acids is 4. The lowest BCUT2D eigenvalue weighted by Crippen LogP contribution is -2.38. The molecule has 0 saturated carbocycles. The molecule has 0 aliphatic heterocycles. The summed E-state index contributed by atoms with van der Waals surface area (Å²) in [5.74, 6) is 2.01. The van der Waals surface area contributed by atoms with Gasteiger partial charge in [-0.15, -0.1) is 0 Å². The van der Waals surface area contributed by atoms with Crippen molar-refractivity contribution in [2.24, 2.45) is 17.6 Å². The Labute approximate surface area is 341 Å². The summed E-state index contributed by atoms with van der Waals surface area (Å²) in [6.07, 6.45) is 3.20. The molecule has 57 heavy (non-hydrogen) atoms. The summed E-state index contributed by atoms with van der Waals surface area (Å²) in [4.78, 5) is 59.0. The smallest absolute Gasteiger partial charge is 0.325 e. The van der Waals surface area contributed by atoms with Gasteiger partial charge in [-0.05, 0) is 75.2 Å². The van der Waals surface area contributed by atoms with E-state index in [-0.39, 0.29) is 12.6 Å². The number of ether oxygens (including phenoxy) is 2. The fourth-order valence-corrected chi connectivity index (χ4v) is 5.90. The number of likely N-dealkylation sites (N-methyl/N-ethyl adjacent to an activating group) is 1. The Morgan fingerprint density at radius 1 is 0.684 bits per heavy atom. The largest absolute Gasteiger partial charge is 0.491 e. The van der Waals surface area contributed by atoms with Crippen molar-refractivity contribution < 1.29 is 28.7 Å². The summed E-state index contributed by atoms with van der Waals surface area (Å²) in [5.41, 5.74) is 8.29.